The minimum absolute atomic E-state index is 0.0361. The summed E-state index contributed by atoms with van der Waals surface area (Å²) in [5.41, 5.74) is 1.72. The van der Waals surface area contributed by atoms with Crippen molar-refractivity contribution in [3.05, 3.63) is 65.5 Å². The molecule has 26 heavy (non-hydrogen) atoms. The number of para-hydroxylation sites is 1. The molecule has 0 saturated heterocycles. The third-order valence-electron chi connectivity index (χ3n) is 5.57. The van der Waals surface area contributed by atoms with E-state index in [9.17, 15) is 9.18 Å². The number of rotatable bonds is 3. The Morgan fingerprint density at radius 3 is 2.58 bits per heavy atom. The molecule has 2 aromatic carbocycles. The maximum atomic E-state index is 13.1. The molecule has 1 spiro atoms. The molecule has 0 radical (unpaired) electrons. The summed E-state index contributed by atoms with van der Waals surface area (Å²) in [7, 11) is 0. The highest BCUT2D eigenvalue weighted by Crippen LogP contribution is 2.46. The number of fused-ring (bicyclic) bond motifs is 1. The Balaban J connectivity index is 1.52. The second-order valence-corrected chi connectivity index (χ2v) is 7.51. The molecule has 1 heterocycles. The molecule has 4 heteroatoms. The van der Waals surface area contributed by atoms with Crippen molar-refractivity contribution in [3.63, 3.8) is 0 Å². The maximum absolute atomic E-state index is 13.1. The average molecular weight is 353 g/mol. The Labute approximate surface area is 153 Å². The van der Waals surface area contributed by atoms with E-state index in [1.54, 1.807) is 12.1 Å². The minimum atomic E-state index is -0.285. The molecular formula is C22H24FNO2. The van der Waals surface area contributed by atoms with E-state index in [1.807, 2.05) is 24.3 Å². The number of hydrogen-bond acceptors (Lipinski definition) is 2. The lowest BCUT2D eigenvalue weighted by Gasteiger charge is -2.44. The Morgan fingerprint density at radius 2 is 1.81 bits per heavy atom. The number of ether oxygens (including phenoxy) is 1. The molecule has 0 bridgehead atoms. The van der Waals surface area contributed by atoms with Gasteiger partial charge >= 0.3 is 0 Å². The highest BCUT2D eigenvalue weighted by Gasteiger charge is 2.42. The summed E-state index contributed by atoms with van der Waals surface area (Å²) in [6.45, 7) is 0. The summed E-state index contributed by atoms with van der Waals surface area (Å²) in [5, 5.41) is 3.20. The zero-order valence-corrected chi connectivity index (χ0v) is 14.8. The molecule has 2 aliphatic rings. The van der Waals surface area contributed by atoms with Crippen molar-refractivity contribution in [2.45, 2.75) is 56.6 Å². The Hall–Kier alpha value is -2.36. The van der Waals surface area contributed by atoms with Gasteiger partial charge in [0.2, 0.25) is 5.91 Å². The van der Waals surface area contributed by atoms with Gasteiger partial charge in [-0.15, -0.1) is 0 Å². The predicted octanol–water partition coefficient (Wildman–Crippen LogP) is 4.71. The van der Waals surface area contributed by atoms with Crippen LogP contribution >= 0.6 is 0 Å². The predicted molar refractivity (Wildman–Crippen MR) is 98.5 cm³/mol. The first-order chi connectivity index (χ1) is 12.6. The van der Waals surface area contributed by atoms with E-state index in [-0.39, 0.29) is 29.8 Å². The lowest BCUT2D eigenvalue weighted by atomic mass is 9.77. The monoisotopic (exact) mass is 353 g/mol. The molecule has 0 aromatic heterocycles. The van der Waals surface area contributed by atoms with E-state index in [4.69, 9.17) is 4.74 Å². The number of amides is 1. The standard InChI is InChI=1S/C22H24FNO2/c23-17-10-8-16(9-11-17)14-21(25)24-19-15-22(12-4-1-5-13-22)26-20-7-3-2-6-18(19)20/h2-3,6-11,19H,1,4-5,12-15H2,(H,24,25). The van der Waals surface area contributed by atoms with Crippen LogP contribution in [0.25, 0.3) is 0 Å². The van der Waals surface area contributed by atoms with Crippen molar-refractivity contribution in [2.75, 3.05) is 0 Å². The van der Waals surface area contributed by atoms with Crippen LogP contribution in [0.15, 0.2) is 48.5 Å². The van der Waals surface area contributed by atoms with Crippen LogP contribution in [0.2, 0.25) is 0 Å². The number of halogens is 1. The second kappa shape index (κ2) is 7.10. The average Bonchev–Trinajstić information content (AvgIpc) is 2.64. The van der Waals surface area contributed by atoms with Crippen molar-refractivity contribution < 1.29 is 13.9 Å². The largest absolute Gasteiger partial charge is 0.487 e. The number of nitrogens with one attached hydrogen (secondary N) is 1. The smallest absolute Gasteiger partial charge is 0.224 e. The molecule has 1 N–H and O–H groups in total. The van der Waals surface area contributed by atoms with Gasteiger partial charge in [0.05, 0.1) is 12.5 Å². The Morgan fingerprint density at radius 1 is 1.08 bits per heavy atom. The topological polar surface area (TPSA) is 38.3 Å². The van der Waals surface area contributed by atoms with Crippen LogP contribution in [0.1, 0.15) is 55.7 Å². The minimum Gasteiger partial charge on any atom is -0.487 e. The molecule has 1 unspecified atom stereocenters. The molecule has 1 aliphatic heterocycles. The molecule has 4 rings (SSSR count). The highest BCUT2D eigenvalue weighted by molar-refractivity contribution is 5.79. The van der Waals surface area contributed by atoms with Crippen LogP contribution in [0, 0.1) is 5.82 Å². The van der Waals surface area contributed by atoms with Crippen LogP contribution < -0.4 is 10.1 Å². The lowest BCUT2D eigenvalue weighted by molar-refractivity contribution is -0.122. The molecule has 2 aromatic rings. The molecule has 1 amide bonds. The van der Waals surface area contributed by atoms with Gasteiger partial charge in [0, 0.05) is 12.0 Å². The van der Waals surface area contributed by atoms with E-state index < -0.39 is 0 Å². The molecular weight excluding hydrogens is 329 g/mol. The molecule has 1 atom stereocenters. The highest BCUT2D eigenvalue weighted by atomic mass is 19.1. The first-order valence-electron chi connectivity index (χ1n) is 9.45. The van der Waals surface area contributed by atoms with Gasteiger partial charge in [-0.2, -0.15) is 0 Å². The Bertz CT molecular complexity index is 781. The van der Waals surface area contributed by atoms with Gasteiger partial charge < -0.3 is 10.1 Å². The van der Waals surface area contributed by atoms with Gasteiger partial charge in [-0.1, -0.05) is 36.8 Å². The number of benzene rings is 2. The van der Waals surface area contributed by atoms with Crippen molar-refractivity contribution in [1.82, 2.24) is 5.32 Å². The van der Waals surface area contributed by atoms with Crippen LogP contribution in [0.4, 0.5) is 4.39 Å². The summed E-state index contributed by atoms with van der Waals surface area (Å²) >= 11 is 0. The number of carbonyl (C=O) groups excluding carboxylic acids is 1. The first kappa shape index (κ1) is 17.1. The third kappa shape index (κ3) is 3.59. The van der Waals surface area contributed by atoms with Crippen LogP contribution in [-0.4, -0.2) is 11.5 Å². The van der Waals surface area contributed by atoms with Crippen LogP contribution in [0.3, 0.4) is 0 Å². The third-order valence-corrected chi connectivity index (χ3v) is 5.57. The molecule has 1 aliphatic carbocycles. The van der Waals surface area contributed by atoms with Gasteiger partial charge in [0.15, 0.2) is 0 Å². The van der Waals surface area contributed by atoms with E-state index in [1.165, 1.54) is 31.4 Å². The fraction of sp³-hybridized carbons (Fsp3) is 0.409. The SMILES string of the molecule is O=C(Cc1ccc(F)cc1)NC1CC2(CCCCC2)Oc2ccccc21. The summed E-state index contributed by atoms with van der Waals surface area (Å²) in [4.78, 5) is 12.6. The van der Waals surface area contributed by atoms with Crippen LogP contribution in [-0.2, 0) is 11.2 Å². The molecule has 1 fully saturated rings. The lowest BCUT2D eigenvalue weighted by Crippen LogP contribution is -2.46. The van der Waals surface area contributed by atoms with Gasteiger partial charge in [0.25, 0.3) is 0 Å². The van der Waals surface area contributed by atoms with Crippen molar-refractivity contribution in [2.24, 2.45) is 0 Å². The fourth-order valence-corrected chi connectivity index (χ4v) is 4.28. The Kier molecular flexibility index (Phi) is 4.66. The summed E-state index contributed by atoms with van der Waals surface area (Å²) in [5.74, 6) is 0.573. The zero-order valence-electron chi connectivity index (χ0n) is 14.8. The first-order valence-corrected chi connectivity index (χ1v) is 9.45. The molecule has 3 nitrogen and oxygen atoms in total. The van der Waals surface area contributed by atoms with Crippen molar-refractivity contribution in [3.8, 4) is 5.75 Å². The van der Waals surface area contributed by atoms with Crippen molar-refractivity contribution in [1.29, 1.82) is 0 Å². The quantitative estimate of drug-likeness (QED) is 0.868. The van der Waals surface area contributed by atoms with Gasteiger partial charge in [-0.05, 0) is 49.4 Å². The normalized spacial score (nSPS) is 20.9. The number of hydrogen-bond donors (Lipinski definition) is 1. The van der Waals surface area contributed by atoms with E-state index in [0.717, 1.165) is 36.1 Å². The number of carbonyl (C=O) groups is 1. The summed E-state index contributed by atoms with van der Waals surface area (Å²) < 4.78 is 19.5. The fourth-order valence-electron chi connectivity index (χ4n) is 4.28. The van der Waals surface area contributed by atoms with Gasteiger partial charge in [-0.25, -0.2) is 4.39 Å². The molecule has 1 saturated carbocycles. The molecule has 136 valence electrons. The van der Waals surface area contributed by atoms with E-state index in [2.05, 4.69) is 5.32 Å². The van der Waals surface area contributed by atoms with E-state index >= 15 is 0 Å². The van der Waals surface area contributed by atoms with Crippen LogP contribution in [0.5, 0.6) is 5.75 Å². The summed E-state index contributed by atoms with van der Waals surface area (Å²) in [6, 6.07) is 14.1. The van der Waals surface area contributed by atoms with Gasteiger partial charge in [0.1, 0.15) is 17.2 Å². The second-order valence-electron chi connectivity index (χ2n) is 7.51. The van der Waals surface area contributed by atoms with Crippen molar-refractivity contribution >= 4 is 5.91 Å². The summed E-state index contributed by atoms with van der Waals surface area (Å²) in [6.07, 6.45) is 6.79. The zero-order chi connectivity index (χ0) is 18.0. The van der Waals surface area contributed by atoms with Gasteiger partial charge in [-0.3, -0.25) is 4.79 Å². The van der Waals surface area contributed by atoms with E-state index in [0.29, 0.717) is 0 Å². The maximum Gasteiger partial charge on any atom is 0.224 e.